The van der Waals surface area contributed by atoms with E-state index in [0.717, 1.165) is 5.69 Å². The molecule has 0 unspecified atom stereocenters. The summed E-state index contributed by atoms with van der Waals surface area (Å²) >= 11 is 0. The fourth-order valence-electron chi connectivity index (χ4n) is 1.31. The molecule has 0 bridgehead atoms. The van der Waals surface area contributed by atoms with Crippen LogP contribution in [0.5, 0.6) is 0 Å². The Morgan fingerprint density at radius 3 is 2.81 bits per heavy atom. The SMILES string of the molecule is Cc1[nH]nc(N)c1NNc1cccc(F)c1. The molecule has 0 fully saturated rings. The third-order valence-electron chi connectivity index (χ3n) is 2.13. The quantitative estimate of drug-likeness (QED) is 0.597. The topological polar surface area (TPSA) is 78.8 Å². The first kappa shape index (κ1) is 10.3. The van der Waals surface area contributed by atoms with Gasteiger partial charge in [-0.25, -0.2) is 4.39 Å². The van der Waals surface area contributed by atoms with E-state index in [0.29, 0.717) is 17.2 Å². The minimum Gasteiger partial charge on any atom is -0.380 e. The highest BCUT2D eigenvalue weighted by molar-refractivity contribution is 5.66. The molecule has 1 aromatic heterocycles. The Bertz CT molecular complexity index is 474. The van der Waals surface area contributed by atoms with Gasteiger partial charge in [0.2, 0.25) is 0 Å². The maximum Gasteiger partial charge on any atom is 0.170 e. The van der Waals surface area contributed by atoms with Gasteiger partial charge in [-0.3, -0.25) is 10.5 Å². The zero-order valence-corrected chi connectivity index (χ0v) is 8.71. The number of nitrogen functional groups attached to an aromatic ring is 1. The number of hydrogen-bond acceptors (Lipinski definition) is 4. The molecule has 0 aliphatic heterocycles. The second kappa shape index (κ2) is 4.09. The first-order valence-corrected chi connectivity index (χ1v) is 4.75. The fraction of sp³-hybridized carbons (Fsp3) is 0.100. The van der Waals surface area contributed by atoms with Gasteiger partial charge in [-0.05, 0) is 25.1 Å². The van der Waals surface area contributed by atoms with Crippen LogP contribution in [0.15, 0.2) is 24.3 Å². The van der Waals surface area contributed by atoms with Crippen molar-refractivity contribution in [3.8, 4) is 0 Å². The minimum absolute atomic E-state index is 0.302. The maximum atomic E-state index is 12.9. The molecule has 0 spiro atoms. The van der Waals surface area contributed by atoms with Gasteiger partial charge in [0.1, 0.15) is 11.5 Å². The second-order valence-electron chi connectivity index (χ2n) is 3.37. The highest BCUT2D eigenvalue weighted by Gasteiger charge is 2.05. The zero-order chi connectivity index (χ0) is 11.5. The molecule has 5 nitrogen and oxygen atoms in total. The average molecular weight is 221 g/mol. The van der Waals surface area contributed by atoms with Gasteiger partial charge < -0.3 is 11.2 Å². The maximum absolute atomic E-state index is 12.9. The Hall–Kier alpha value is -2.24. The number of rotatable bonds is 3. The summed E-state index contributed by atoms with van der Waals surface area (Å²) in [5, 5.41) is 6.56. The van der Waals surface area contributed by atoms with Crippen molar-refractivity contribution in [2.75, 3.05) is 16.6 Å². The molecule has 0 atom stereocenters. The van der Waals surface area contributed by atoms with Gasteiger partial charge in [0.05, 0.1) is 11.4 Å². The van der Waals surface area contributed by atoms with Crippen molar-refractivity contribution in [1.29, 1.82) is 0 Å². The number of halogens is 1. The molecule has 0 aliphatic rings. The summed E-state index contributed by atoms with van der Waals surface area (Å²) in [6, 6.07) is 6.11. The van der Waals surface area contributed by atoms with Crippen molar-refractivity contribution in [3.63, 3.8) is 0 Å². The summed E-state index contributed by atoms with van der Waals surface area (Å²) in [5.41, 5.74) is 13.4. The Morgan fingerprint density at radius 1 is 1.38 bits per heavy atom. The number of hydrogen-bond donors (Lipinski definition) is 4. The molecular formula is C10H12FN5. The number of nitrogens with two attached hydrogens (primary N) is 1. The second-order valence-corrected chi connectivity index (χ2v) is 3.37. The number of anilines is 3. The molecule has 0 amide bonds. The third kappa shape index (κ3) is 2.05. The van der Waals surface area contributed by atoms with E-state index in [9.17, 15) is 4.39 Å². The third-order valence-corrected chi connectivity index (χ3v) is 2.13. The number of hydrazine groups is 1. The van der Waals surface area contributed by atoms with Crippen LogP contribution in [-0.2, 0) is 0 Å². The Balaban J connectivity index is 2.08. The van der Waals surface area contributed by atoms with Gasteiger partial charge in [-0.2, -0.15) is 5.10 Å². The van der Waals surface area contributed by atoms with Gasteiger partial charge in [0.25, 0.3) is 0 Å². The number of nitrogens with zero attached hydrogens (tertiary/aromatic N) is 1. The van der Waals surface area contributed by atoms with Gasteiger partial charge in [0, 0.05) is 0 Å². The smallest absolute Gasteiger partial charge is 0.170 e. The summed E-state index contributed by atoms with van der Waals surface area (Å²) in [7, 11) is 0. The molecule has 5 N–H and O–H groups in total. The molecule has 6 heteroatoms. The van der Waals surface area contributed by atoms with Crippen LogP contribution in [0, 0.1) is 12.7 Å². The number of benzene rings is 1. The summed E-state index contributed by atoms with van der Waals surface area (Å²) < 4.78 is 12.9. The zero-order valence-electron chi connectivity index (χ0n) is 8.71. The standard InChI is InChI=1S/C10H12FN5/c1-6-9(10(12)16-13-6)15-14-8-4-2-3-7(11)5-8/h2-5,14-15H,1H3,(H3,12,13,16). The van der Waals surface area contributed by atoms with E-state index in [1.807, 2.05) is 6.92 Å². The molecule has 1 aromatic carbocycles. The van der Waals surface area contributed by atoms with Crippen molar-refractivity contribution in [2.24, 2.45) is 0 Å². The average Bonchev–Trinajstić information content (AvgIpc) is 2.56. The van der Waals surface area contributed by atoms with Crippen LogP contribution in [0.4, 0.5) is 21.6 Å². The normalized spacial score (nSPS) is 10.1. The lowest BCUT2D eigenvalue weighted by atomic mass is 10.3. The van der Waals surface area contributed by atoms with Crippen LogP contribution in [0.2, 0.25) is 0 Å². The summed E-state index contributed by atoms with van der Waals surface area (Å²) in [6.07, 6.45) is 0. The van der Waals surface area contributed by atoms with E-state index in [1.165, 1.54) is 12.1 Å². The van der Waals surface area contributed by atoms with Crippen LogP contribution in [-0.4, -0.2) is 10.2 Å². The first-order chi connectivity index (χ1) is 7.66. The predicted octanol–water partition coefficient (Wildman–Crippen LogP) is 1.88. The monoisotopic (exact) mass is 221 g/mol. The van der Waals surface area contributed by atoms with Crippen LogP contribution in [0.3, 0.4) is 0 Å². The van der Waals surface area contributed by atoms with Crippen LogP contribution in [0.1, 0.15) is 5.69 Å². The van der Waals surface area contributed by atoms with Gasteiger partial charge >= 0.3 is 0 Å². The van der Waals surface area contributed by atoms with Crippen molar-refractivity contribution >= 4 is 17.2 Å². The number of nitrogens with one attached hydrogen (secondary N) is 3. The predicted molar refractivity (Wildman–Crippen MR) is 61.4 cm³/mol. The van der Waals surface area contributed by atoms with Crippen molar-refractivity contribution in [3.05, 3.63) is 35.8 Å². The van der Waals surface area contributed by atoms with Crippen LogP contribution >= 0.6 is 0 Å². The number of H-pyrrole nitrogens is 1. The fourth-order valence-corrected chi connectivity index (χ4v) is 1.31. The lowest BCUT2D eigenvalue weighted by Gasteiger charge is -2.09. The highest BCUT2D eigenvalue weighted by atomic mass is 19.1. The van der Waals surface area contributed by atoms with Gasteiger partial charge in [-0.15, -0.1) is 0 Å². The van der Waals surface area contributed by atoms with E-state index < -0.39 is 0 Å². The van der Waals surface area contributed by atoms with Crippen LogP contribution < -0.4 is 16.6 Å². The molecule has 0 saturated heterocycles. The molecular weight excluding hydrogens is 209 g/mol. The molecule has 16 heavy (non-hydrogen) atoms. The lowest BCUT2D eigenvalue weighted by Crippen LogP contribution is -2.10. The Morgan fingerprint density at radius 2 is 2.19 bits per heavy atom. The summed E-state index contributed by atoms with van der Waals surface area (Å²) in [4.78, 5) is 0. The van der Waals surface area contributed by atoms with E-state index in [4.69, 9.17) is 5.73 Å². The molecule has 1 heterocycles. The molecule has 2 rings (SSSR count). The lowest BCUT2D eigenvalue weighted by molar-refractivity contribution is 0.628. The van der Waals surface area contributed by atoms with E-state index >= 15 is 0 Å². The molecule has 0 aliphatic carbocycles. The summed E-state index contributed by atoms with van der Waals surface area (Å²) in [6.45, 7) is 1.83. The van der Waals surface area contributed by atoms with Crippen LogP contribution in [0.25, 0.3) is 0 Å². The Kier molecular flexibility index (Phi) is 2.63. The number of aromatic amines is 1. The number of aromatic nitrogens is 2. The van der Waals surface area contributed by atoms with Crippen molar-refractivity contribution < 1.29 is 4.39 Å². The van der Waals surface area contributed by atoms with Crippen molar-refractivity contribution in [1.82, 2.24) is 10.2 Å². The minimum atomic E-state index is -0.302. The van der Waals surface area contributed by atoms with E-state index in [-0.39, 0.29) is 5.82 Å². The molecule has 84 valence electrons. The highest BCUT2D eigenvalue weighted by Crippen LogP contribution is 2.19. The number of aryl methyl sites for hydroxylation is 1. The molecule has 0 radical (unpaired) electrons. The van der Waals surface area contributed by atoms with Gasteiger partial charge in [0.15, 0.2) is 5.82 Å². The van der Waals surface area contributed by atoms with Gasteiger partial charge in [-0.1, -0.05) is 6.07 Å². The van der Waals surface area contributed by atoms with Crippen molar-refractivity contribution in [2.45, 2.75) is 6.92 Å². The summed E-state index contributed by atoms with van der Waals surface area (Å²) in [5.74, 6) is 0.0603. The first-order valence-electron chi connectivity index (χ1n) is 4.75. The molecule has 0 saturated carbocycles. The van der Waals surface area contributed by atoms with E-state index in [1.54, 1.807) is 12.1 Å². The van der Waals surface area contributed by atoms with E-state index in [2.05, 4.69) is 21.0 Å². The molecule has 2 aromatic rings. The largest absolute Gasteiger partial charge is 0.380 e. The Labute approximate surface area is 91.8 Å².